The Labute approximate surface area is 153 Å². The van der Waals surface area contributed by atoms with E-state index in [-0.39, 0.29) is 11.5 Å². The third kappa shape index (κ3) is 5.76. The Morgan fingerprint density at radius 1 is 1.15 bits per heavy atom. The number of benzene rings is 2. The van der Waals surface area contributed by atoms with Gasteiger partial charge >= 0.3 is 6.36 Å². The van der Waals surface area contributed by atoms with Crippen LogP contribution in [0.2, 0.25) is 0 Å². The molecule has 2 aromatic rings. The summed E-state index contributed by atoms with van der Waals surface area (Å²) >= 11 is 5.24. The van der Waals surface area contributed by atoms with Crippen molar-refractivity contribution in [1.29, 1.82) is 0 Å². The Morgan fingerprint density at radius 2 is 1.81 bits per heavy atom. The van der Waals surface area contributed by atoms with E-state index in [2.05, 4.69) is 10.1 Å². The number of ether oxygens (including phenoxy) is 2. The Bertz CT molecular complexity index is 766. The predicted octanol–water partition coefficient (Wildman–Crippen LogP) is 4.56. The molecule has 9 heteroatoms. The number of rotatable bonds is 5. The smallest absolute Gasteiger partial charge is 0.494 e. The summed E-state index contributed by atoms with van der Waals surface area (Å²) in [6.45, 7) is 0.335. The SMILES string of the molecule is COc1ccc(CN(C)C(=S)Nc2ccc(OC(F)(F)F)cc2)cc1F. The lowest BCUT2D eigenvalue weighted by Gasteiger charge is -2.21. The molecule has 0 heterocycles. The molecule has 140 valence electrons. The van der Waals surface area contributed by atoms with Crippen LogP contribution in [0.25, 0.3) is 0 Å². The number of hydrogen-bond donors (Lipinski definition) is 1. The van der Waals surface area contributed by atoms with Crippen molar-refractivity contribution >= 4 is 23.0 Å². The molecule has 0 aliphatic rings. The average Bonchev–Trinajstić information content (AvgIpc) is 2.55. The van der Waals surface area contributed by atoms with Crippen molar-refractivity contribution in [1.82, 2.24) is 4.90 Å². The van der Waals surface area contributed by atoms with Crippen molar-refractivity contribution in [3.8, 4) is 11.5 Å². The van der Waals surface area contributed by atoms with E-state index in [1.165, 1.54) is 43.5 Å². The molecule has 0 aromatic heterocycles. The van der Waals surface area contributed by atoms with Crippen LogP contribution in [0.5, 0.6) is 11.5 Å². The van der Waals surface area contributed by atoms with E-state index < -0.39 is 12.2 Å². The van der Waals surface area contributed by atoms with E-state index in [0.29, 0.717) is 22.9 Å². The van der Waals surface area contributed by atoms with Gasteiger partial charge in [0.05, 0.1) is 7.11 Å². The molecule has 0 bridgehead atoms. The first-order chi connectivity index (χ1) is 12.2. The zero-order valence-corrected chi connectivity index (χ0v) is 14.7. The highest BCUT2D eigenvalue weighted by Crippen LogP contribution is 2.24. The molecular weight excluding hydrogens is 372 g/mol. The second-order valence-corrected chi connectivity index (χ2v) is 5.71. The van der Waals surface area contributed by atoms with Crippen molar-refractivity contribution in [2.75, 3.05) is 19.5 Å². The first-order valence-corrected chi connectivity index (χ1v) is 7.79. The molecule has 0 fully saturated rings. The lowest BCUT2D eigenvalue weighted by Crippen LogP contribution is -2.30. The highest BCUT2D eigenvalue weighted by Gasteiger charge is 2.30. The Kier molecular flexibility index (Phi) is 6.25. The maximum atomic E-state index is 13.7. The normalized spacial score (nSPS) is 11.0. The zero-order chi connectivity index (χ0) is 19.3. The molecule has 2 rings (SSSR count). The third-order valence-electron chi connectivity index (χ3n) is 3.32. The number of anilines is 1. The van der Waals surface area contributed by atoms with Gasteiger partial charge in [-0.25, -0.2) is 4.39 Å². The monoisotopic (exact) mass is 388 g/mol. The number of halogens is 4. The van der Waals surface area contributed by atoms with Gasteiger partial charge in [0.25, 0.3) is 0 Å². The van der Waals surface area contributed by atoms with Crippen LogP contribution in [-0.4, -0.2) is 30.5 Å². The molecule has 0 spiro atoms. The molecular formula is C17H16F4N2O2S. The summed E-state index contributed by atoms with van der Waals surface area (Å²) in [5, 5.41) is 3.22. The molecule has 0 aliphatic heterocycles. The van der Waals surface area contributed by atoms with Gasteiger partial charge in [0.15, 0.2) is 16.7 Å². The Balaban J connectivity index is 1.95. The minimum Gasteiger partial charge on any atom is -0.494 e. The zero-order valence-electron chi connectivity index (χ0n) is 13.9. The fourth-order valence-corrected chi connectivity index (χ4v) is 2.30. The Morgan fingerprint density at radius 3 is 2.35 bits per heavy atom. The molecule has 0 saturated carbocycles. The van der Waals surface area contributed by atoms with Crippen molar-refractivity contribution in [2.24, 2.45) is 0 Å². The van der Waals surface area contributed by atoms with Crippen molar-refractivity contribution in [3.05, 3.63) is 53.8 Å². The van der Waals surface area contributed by atoms with Crippen molar-refractivity contribution in [2.45, 2.75) is 12.9 Å². The quantitative estimate of drug-likeness (QED) is 0.600. The van der Waals surface area contributed by atoms with Crippen LogP contribution in [-0.2, 0) is 6.54 Å². The second kappa shape index (κ2) is 8.22. The second-order valence-electron chi connectivity index (χ2n) is 5.33. The van der Waals surface area contributed by atoms with E-state index in [9.17, 15) is 17.6 Å². The van der Waals surface area contributed by atoms with Crippen molar-refractivity contribution < 1.29 is 27.0 Å². The van der Waals surface area contributed by atoms with Crippen LogP contribution in [0, 0.1) is 5.82 Å². The molecule has 1 N–H and O–H groups in total. The third-order valence-corrected chi connectivity index (χ3v) is 3.74. The van der Waals surface area contributed by atoms with Crippen LogP contribution >= 0.6 is 12.2 Å². The summed E-state index contributed by atoms with van der Waals surface area (Å²) in [5.74, 6) is -0.646. The number of nitrogens with one attached hydrogen (secondary N) is 1. The minimum absolute atomic E-state index is 0.151. The van der Waals surface area contributed by atoms with Crippen LogP contribution in [0.3, 0.4) is 0 Å². The van der Waals surface area contributed by atoms with Crippen LogP contribution in [0.4, 0.5) is 23.2 Å². The molecule has 0 radical (unpaired) electrons. The predicted molar refractivity (Wildman–Crippen MR) is 93.8 cm³/mol. The van der Waals surface area contributed by atoms with Gasteiger partial charge in [-0.15, -0.1) is 13.2 Å². The summed E-state index contributed by atoms with van der Waals surface area (Å²) in [7, 11) is 3.09. The summed E-state index contributed by atoms with van der Waals surface area (Å²) < 4.78 is 58.8. The number of thiocarbonyl (C=S) groups is 1. The van der Waals surface area contributed by atoms with Gasteiger partial charge in [0, 0.05) is 19.3 Å². The van der Waals surface area contributed by atoms with Crippen LogP contribution in [0.15, 0.2) is 42.5 Å². The van der Waals surface area contributed by atoms with Gasteiger partial charge in [-0.1, -0.05) is 6.07 Å². The largest absolute Gasteiger partial charge is 0.573 e. The van der Waals surface area contributed by atoms with Gasteiger partial charge in [0.1, 0.15) is 5.75 Å². The fraction of sp³-hybridized carbons (Fsp3) is 0.235. The van der Waals surface area contributed by atoms with Gasteiger partial charge in [-0.3, -0.25) is 0 Å². The maximum absolute atomic E-state index is 13.7. The first kappa shape index (κ1) is 19.8. The van der Waals surface area contributed by atoms with Crippen molar-refractivity contribution in [3.63, 3.8) is 0 Å². The molecule has 0 saturated heterocycles. The summed E-state index contributed by atoms with van der Waals surface area (Å²) in [6.07, 6.45) is -4.74. The van der Waals surface area contributed by atoms with Gasteiger partial charge in [-0.2, -0.15) is 0 Å². The summed E-state index contributed by atoms with van der Waals surface area (Å²) in [5.41, 5.74) is 1.18. The number of alkyl halides is 3. The summed E-state index contributed by atoms with van der Waals surface area (Å²) in [6, 6.07) is 9.76. The molecule has 0 atom stereocenters. The topological polar surface area (TPSA) is 33.7 Å². The standard InChI is InChI=1S/C17H16F4N2O2S/c1-23(10-11-3-8-15(24-2)14(18)9-11)16(26)22-12-4-6-13(7-5-12)25-17(19,20)21/h3-9H,10H2,1-2H3,(H,22,26). The van der Waals surface area contributed by atoms with Crippen LogP contribution < -0.4 is 14.8 Å². The van der Waals surface area contributed by atoms with E-state index >= 15 is 0 Å². The van der Waals surface area contributed by atoms with Gasteiger partial charge < -0.3 is 19.7 Å². The average molecular weight is 388 g/mol. The van der Waals surface area contributed by atoms with E-state index in [1.54, 1.807) is 18.0 Å². The maximum Gasteiger partial charge on any atom is 0.573 e. The molecule has 0 aliphatic carbocycles. The lowest BCUT2D eigenvalue weighted by atomic mass is 10.2. The minimum atomic E-state index is -4.74. The van der Waals surface area contributed by atoms with E-state index in [0.717, 1.165) is 0 Å². The van der Waals surface area contributed by atoms with E-state index in [1.807, 2.05) is 0 Å². The number of hydrogen-bond acceptors (Lipinski definition) is 3. The molecule has 0 amide bonds. The number of nitrogens with zero attached hydrogens (tertiary/aromatic N) is 1. The van der Waals surface area contributed by atoms with Crippen LogP contribution in [0.1, 0.15) is 5.56 Å². The highest BCUT2D eigenvalue weighted by molar-refractivity contribution is 7.80. The molecule has 2 aromatic carbocycles. The molecule has 4 nitrogen and oxygen atoms in total. The Hall–Kier alpha value is -2.55. The van der Waals surface area contributed by atoms with E-state index in [4.69, 9.17) is 17.0 Å². The number of methoxy groups -OCH3 is 1. The van der Waals surface area contributed by atoms with Gasteiger partial charge in [0.2, 0.25) is 0 Å². The highest BCUT2D eigenvalue weighted by atomic mass is 32.1. The fourth-order valence-electron chi connectivity index (χ4n) is 2.11. The summed E-state index contributed by atoms with van der Waals surface area (Å²) in [4.78, 5) is 1.66. The first-order valence-electron chi connectivity index (χ1n) is 7.38. The molecule has 26 heavy (non-hydrogen) atoms. The molecule has 0 unspecified atom stereocenters. The van der Waals surface area contributed by atoms with Gasteiger partial charge in [-0.05, 0) is 54.2 Å². The lowest BCUT2D eigenvalue weighted by molar-refractivity contribution is -0.274.